The Kier molecular flexibility index (Phi) is 2.90. The second-order valence-corrected chi connectivity index (χ2v) is 2.61. The first-order valence-electron chi connectivity index (χ1n) is 3.81. The van der Waals surface area contributed by atoms with Crippen LogP contribution in [-0.4, -0.2) is 42.0 Å². The zero-order valence-corrected chi connectivity index (χ0v) is 6.99. The summed E-state index contributed by atoms with van der Waals surface area (Å²) in [7, 11) is 1.50. The molecule has 1 rings (SSSR count). The molecule has 0 aromatic carbocycles. The van der Waals surface area contributed by atoms with Gasteiger partial charge in [-0.3, -0.25) is 0 Å². The number of carbonyl (C=O) groups is 1. The fourth-order valence-corrected chi connectivity index (χ4v) is 1.18. The Morgan fingerprint density at radius 3 is 2.58 bits per heavy atom. The molecule has 0 saturated carbocycles. The number of amides is 1. The summed E-state index contributed by atoms with van der Waals surface area (Å²) in [4.78, 5) is 16.5. The van der Waals surface area contributed by atoms with Crippen molar-refractivity contribution in [3.8, 4) is 0 Å². The van der Waals surface area contributed by atoms with Gasteiger partial charge in [0.25, 0.3) is 0 Å². The molecule has 0 unspecified atom stereocenters. The topological polar surface area (TPSA) is 62.1 Å². The molecule has 5 nitrogen and oxygen atoms in total. The Hall–Kier alpha value is -1.26. The van der Waals surface area contributed by atoms with Crippen LogP contribution >= 0.6 is 0 Å². The van der Waals surface area contributed by atoms with Gasteiger partial charge in [0, 0.05) is 25.9 Å². The lowest BCUT2D eigenvalue weighted by Crippen LogP contribution is -2.37. The Bertz CT molecular complexity index is 193. The fourth-order valence-electron chi connectivity index (χ4n) is 1.18. The minimum atomic E-state index is -0.855. The van der Waals surface area contributed by atoms with Gasteiger partial charge in [0.15, 0.2) is 0 Å². The quantitative estimate of drug-likeness (QED) is 0.594. The van der Waals surface area contributed by atoms with E-state index in [0.29, 0.717) is 25.9 Å². The van der Waals surface area contributed by atoms with E-state index in [1.165, 1.54) is 12.0 Å². The highest BCUT2D eigenvalue weighted by atomic mass is 16.6. The van der Waals surface area contributed by atoms with Gasteiger partial charge in [0.1, 0.15) is 7.11 Å². The fraction of sp³-hybridized carbons (Fsp3) is 0.714. The third kappa shape index (κ3) is 2.11. The van der Waals surface area contributed by atoms with Gasteiger partial charge >= 0.3 is 6.09 Å². The third-order valence-electron chi connectivity index (χ3n) is 1.83. The van der Waals surface area contributed by atoms with Crippen molar-refractivity contribution in [3.63, 3.8) is 0 Å². The van der Waals surface area contributed by atoms with Crippen molar-refractivity contribution in [1.82, 2.24) is 4.90 Å². The van der Waals surface area contributed by atoms with Crippen molar-refractivity contribution < 1.29 is 14.7 Å². The van der Waals surface area contributed by atoms with Gasteiger partial charge in [0.05, 0.1) is 5.71 Å². The average molecular weight is 172 g/mol. The van der Waals surface area contributed by atoms with E-state index in [1.54, 1.807) is 0 Å². The van der Waals surface area contributed by atoms with E-state index in [4.69, 9.17) is 5.11 Å². The molecule has 1 aliphatic rings. The molecule has 5 heteroatoms. The smallest absolute Gasteiger partial charge is 0.407 e. The van der Waals surface area contributed by atoms with Crippen molar-refractivity contribution in [2.45, 2.75) is 12.8 Å². The number of likely N-dealkylation sites (tertiary alicyclic amines) is 1. The average Bonchev–Trinajstić information content (AvgIpc) is 2.06. The van der Waals surface area contributed by atoms with Crippen LogP contribution in [0.25, 0.3) is 0 Å². The summed E-state index contributed by atoms with van der Waals surface area (Å²) in [6, 6.07) is 0. The van der Waals surface area contributed by atoms with Gasteiger partial charge in [-0.2, -0.15) is 0 Å². The normalized spacial score (nSPS) is 17.4. The molecule has 1 saturated heterocycles. The summed E-state index contributed by atoms with van der Waals surface area (Å²) in [5.74, 6) is 0. The number of oxime groups is 1. The number of hydrogen-bond donors (Lipinski definition) is 1. The maximum Gasteiger partial charge on any atom is 0.407 e. The lowest BCUT2D eigenvalue weighted by Gasteiger charge is -2.24. The molecule has 0 spiro atoms. The van der Waals surface area contributed by atoms with Gasteiger partial charge in [-0.1, -0.05) is 5.16 Å². The summed E-state index contributed by atoms with van der Waals surface area (Å²) in [6.45, 7) is 1.05. The molecule has 0 aromatic rings. The van der Waals surface area contributed by atoms with E-state index in [-0.39, 0.29) is 0 Å². The second kappa shape index (κ2) is 3.94. The molecule has 1 aliphatic heterocycles. The Balaban J connectivity index is 2.39. The van der Waals surface area contributed by atoms with Gasteiger partial charge in [-0.05, 0) is 0 Å². The highest BCUT2D eigenvalue weighted by Crippen LogP contribution is 2.07. The first-order valence-corrected chi connectivity index (χ1v) is 3.81. The van der Waals surface area contributed by atoms with Crippen molar-refractivity contribution in [3.05, 3.63) is 0 Å². The first-order chi connectivity index (χ1) is 5.74. The lowest BCUT2D eigenvalue weighted by atomic mass is 10.1. The zero-order chi connectivity index (χ0) is 8.97. The van der Waals surface area contributed by atoms with Crippen LogP contribution in [0, 0.1) is 0 Å². The molecular weight excluding hydrogens is 160 g/mol. The summed E-state index contributed by atoms with van der Waals surface area (Å²) in [5, 5.41) is 12.4. The molecule has 12 heavy (non-hydrogen) atoms. The van der Waals surface area contributed by atoms with Crippen molar-refractivity contribution in [1.29, 1.82) is 0 Å². The van der Waals surface area contributed by atoms with Crippen LogP contribution in [0.3, 0.4) is 0 Å². The molecule has 1 heterocycles. The molecule has 1 fully saturated rings. The van der Waals surface area contributed by atoms with Crippen molar-refractivity contribution in [2.75, 3.05) is 20.2 Å². The maximum absolute atomic E-state index is 10.5. The van der Waals surface area contributed by atoms with Crippen molar-refractivity contribution >= 4 is 11.8 Å². The third-order valence-corrected chi connectivity index (χ3v) is 1.83. The predicted molar refractivity (Wildman–Crippen MR) is 43.3 cm³/mol. The number of rotatable bonds is 1. The largest absolute Gasteiger partial charge is 0.465 e. The molecular formula is C7H12N2O3. The molecule has 0 aliphatic carbocycles. The van der Waals surface area contributed by atoms with E-state index in [2.05, 4.69) is 9.99 Å². The molecule has 1 N–H and O–H groups in total. The highest BCUT2D eigenvalue weighted by Gasteiger charge is 2.18. The Morgan fingerprint density at radius 2 is 2.17 bits per heavy atom. The van der Waals surface area contributed by atoms with Gasteiger partial charge < -0.3 is 14.8 Å². The number of hydrogen-bond acceptors (Lipinski definition) is 3. The van der Waals surface area contributed by atoms with Crippen LogP contribution in [0.2, 0.25) is 0 Å². The van der Waals surface area contributed by atoms with Crippen LogP contribution in [0.15, 0.2) is 5.16 Å². The summed E-state index contributed by atoms with van der Waals surface area (Å²) < 4.78 is 0. The standard InChI is InChI=1S/C7H12N2O3/c1-12-8-6-2-4-9(5-3-6)7(10)11/h2-5H2,1H3,(H,10,11). The van der Waals surface area contributed by atoms with Crippen LogP contribution < -0.4 is 0 Å². The molecule has 68 valence electrons. The van der Waals surface area contributed by atoms with Gasteiger partial charge in [-0.25, -0.2) is 4.79 Å². The summed E-state index contributed by atoms with van der Waals surface area (Å²) in [6.07, 6.45) is 0.506. The van der Waals surface area contributed by atoms with Crippen molar-refractivity contribution in [2.24, 2.45) is 5.16 Å². The first kappa shape index (κ1) is 8.83. The number of piperidine rings is 1. The summed E-state index contributed by atoms with van der Waals surface area (Å²) >= 11 is 0. The minimum Gasteiger partial charge on any atom is -0.465 e. The molecule has 0 radical (unpaired) electrons. The predicted octanol–water partition coefficient (Wildman–Crippen LogP) is 0.763. The van der Waals surface area contributed by atoms with E-state index in [9.17, 15) is 4.79 Å². The Labute approximate surface area is 70.6 Å². The van der Waals surface area contributed by atoms with Gasteiger partial charge in [-0.15, -0.1) is 0 Å². The monoisotopic (exact) mass is 172 g/mol. The van der Waals surface area contributed by atoms with E-state index >= 15 is 0 Å². The summed E-state index contributed by atoms with van der Waals surface area (Å²) in [5.41, 5.74) is 0.940. The Morgan fingerprint density at radius 1 is 1.58 bits per heavy atom. The molecule has 0 aromatic heterocycles. The lowest BCUT2D eigenvalue weighted by molar-refractivity contribution is 0.143. The maximum atomic E-state index is 10.5. The molecule has 0 bridgehead atoms. The van der Waals surface area contributed by atoms with Crippen LogP contribution in [0.5, 0.6) is 0 Å². The number of nitrogens with zero attached hydrogens (tertiary/aromatic N) is 2. The zero-order valence-electron chi connectivity index (χ0n) is 6.99. The van der Waals surface area contributed by atoms with E-state index < -0.39 is 6.09 Å². The minimum absolute atomic E-state index is 0.525. The van der Waals surface area contributed by atoms with E-state index in [1.807, 2.05) is 0 Å². The second-order valence-electron chi connectivity index (χ2n) is 2.61. The number of carboxylic acid groups (broad SMARTS) is 1. The van der Waals surface area contributed by atoms with Crippen LogP contribution in [0.4, 0.5) is 4.79 Å². The molecule has 0 atom stereocenters. The van der Waals surface area contributed by atoms with Crippen LogP contribution in [0.1, 0.15) is 12.8 Å². The van der Waals surface area contributed by atoms with E-state index in [0.717, 1.165) is 5.71 Å². The highest BCUT2D eigenvalue weighted by molar-refractivity contribution is 5.86. The SMILES string of the molecule is CON=C1CCN(C(=O)O)CC1. The van der Waals surface area contributed by atoms with Crippen LogP contribution in [-0.2, 0) is 4.84 Å². The molecule has 1 amide bonds. The van der Waals surface area contributed by atoms with Gasteiger partial charge in [0.2, 0.25) is 0 Å².